The number of hydrogen-bond acceptors (Lipinski definition) is 8. The lowest BCUT2D eigenvalue weighted by atomic mass is 10.0. The molecule has 5 rings (SSSR count). The molecule has 2 amide bonds. The monoisotopic (exact) mass is 610 g/mol. The Kier molecular flexibility index (Phi) is 8.38. The van der Waals surface area contributed by atoms with Crippen LogP contribution in [0.2, 0.25) is 0 Å². The first kappa shape index (κ1) is 29.9. The number of fused-ring (bicyclic) bond motifs is 1. The van der Waals surface area contributed by atoms with Gasteiger partial charge in [0.25, 0.3) is 21.9 Å². The molecule has 0 saturated heterocycles. The van der Waals surface area contributed by atoms with Crippen LogP contribution in [0.5, 0.6) is 11.5 Å². The van der Waals surface area contributed by atoms with Crippen LogP contribution in [-0.2, 0) is 10.1 Å². The van der Waals surface area contributed by atoms with Gasteiger partial charge in [-0.1, -0.05) is 30.3 Å². The molecule has 11 nitrogen and oxygen atoms in total. The molecule has 0 aromatic heterocycles. The molecule has 0 atom stereocenters. The highest BCUT2D eigenvalue weighted by molar-refractivity contribution is 7.85. The van der Waals surface area contributed by atoms with E-state index in [1.165, 1.54) is 30.3 Å². The lowest BCUT2D eigenvalue weighted by molar-refractivity contribution is 0.101. The molecule has 0 aliphatic rings. The molecule has 0 aliphatic heterocycles. The van der Waals surface area contributed by atoms with Crippen LogP contribution in [0.1, 0.15) is 26.3 Å². The van der Waals surface area contributed by atoms with Gasteiger partial charge in [0.2, 0.25) is 0 Å². The van der Waals surface area contributed by atoms with Crippen molar-refractivity contribution in [2.75, 3.05) is 17.7 Å². The minimum atomic E-state index is -4.36. The van der Waals surface area contributed by atoms with E-state index in [-0.39, 0.29) is 27.5 Å². The number of nitrogens with one attached hydrogen (secondary N) is 2. The van der Waals surface area contributed by atoms with Crippen molar-refractivity contribution in [3.05, 3.63) is 114 Å². The number of hydrogen-bond donors (Lipinski definition) is 4. The van der Waals surface area contributed by atoms with Crippen LogP contribution in [0, 0.1) is 6.92 Å². The first-order valence-electron chi connectivity index (χ1n) is 13.1. The number of amides is 2. The third-order valence-electron chi connectivity index (χ3n) is 6.73. The molecular formula is C32H26N4O7S. The summed E-state index contributed by atoms with van der Waals surface area (Å²) in [5, 5.41) is 26.5. The van der Waals surface area contributed by atoms with Gasteiger partial charge in [-0.2, -0.15) is 13.5 Å². The van der Waals surface area contributed by atoms with Crippen molar-refractivity contribution in [1.29, 1.82) is 0 Å². The number of ether oxygens (including phenoxy) is 1. The van der Waals surface area contributed by atoms with Gasteiger partial charge in [0.05, 0.1) is 23.3 Å². The van der Waals surface area contributed by atoms with E-state index in [9.17, 15) is 23.1 Å². The molecule has 5 aromatic rings. The second-order valence-corrected chi connectivity index (χ2v) is 11.1. The van der Waals surface area contributed by atoms with Crippen molar-refractivity contribution in [3.8, 4) is 11.5 Å². The molecule has 0 fully saturated rings. The van der Waals surface area contributed by atoms with Crippen LogP contribution in [0.15, 0.2) is 112 Å². The fraction of sp³-hybridized carbons (Fsp3) is 0.0625. The highest BCUT2D eigenvalue weighted by atomic mass is 32.2. The maximum Gasteiger partial charge on any atom is 0.294 e. The topological polar surface area (TPSA) is 167 Å². The van der Waals surface area contributed by atoms with Crippen LogP contribution < -0.4 is 15.4 Å². The number of aromatic hydroxyl groups is 1. The van der Waals surface area contributed by atoms with Crippen molar-refractivity contribution >= 4 is 55.5 Å². The van der Waals surface area contributed by atoms with E-state index in [2.05, 4.69) is 20.9 Å². The van der Waals surface area contributed by atoms with Gasteiger partial charge >= 0.3 is 0 Å². The van der Waals surface area contributed by atoms with Crippen molar-refractivity contribution in [2.45, 2.75) is 11.8 Å². The quantitative estimate of drug-likeness (QED) is 0.108. The number of rotatable bonds is 8. The highest BCUT2D eigenvalue weighted by Crippen LogP contribution is 2.40. The summed E-state index contributed by atoms with van der Waals surface area (Å²) < 4.78 is 36.8. The van der Waals surface area contributed by atoms with Crippen LogP contribution in [0.4, 0.5) is 22.7 Å². The number of benzene rings is 5. The lowest BCUT2D eigenvalue weighted by Gasteiger charge is -2.12. The van der Waals surface area contributed by atoms with Gasteiger partial charge in [0.15, 0.2) is 5.75 Å². The molecule has 0 spiro atoms. The average Bonchev–Trinajstić information content (AvgIpc) is 3.01. The van der Waals surface area contributed by atoms with E-state index in [1.54, 1.807) is 80.8 Å². The predicted octanol–water partition coefficient (Wildman–Crippen LogP) is 7.03. The summed E-state index contributed by atoms with van der Waals surface area (Å²) in [6, 6.07) is 25.3. The van der Waals surface area contributed by atoms with Crippen molar-refractivity contribution in [3.63, 3.8) is 0 Å². The lowest BCUT2D eigenvalue weighted by Crippen LogP contribution is -2.12. The van der Waals surface area contributed by atoms with Gasteiger partial charge in [-0.05, 0) is 84.6 Å². The second-order valence-electron chi connectivity index (χ2n) is 9.68. The zero-order valence-corrected chi connectivity index (χ0v) is 24.3. The third kappa shape index (κ3) is 6.56. The Hall–Kier alpha value is -5.59. The minimum Gasteiger partial charge on any atom is -0.505 e. The zero-order chi connectivity index (χ0) is 31.4. The first-order chi connectivity index (χ1) is 21.0. The predicted molar refractivity (Wildman–Crippen MR) is 166 cm³/mol. The number of phenolic OH excluding ortho intramolecular Hbond substituents is 1. The Bertz CT molecular complexity index is 2030. The average molecular weight is 611 g/mol. The molecule has 4 N–H and O–H groups in total. The van der Waals surface area contributed by atoms with Crippen LogP contribution in [-0.4, -0.2) is 37.0 Å². The number of phenols is 1. The number of aryl methyl sites for hydroxylation is 1. The van der Waals surface area contributed by atoms with Gasteiger partial charge in [-0.25, -0.2) is 0 Å². The summed E-state index contributed by atoms with van der Waals surface area (Å²) in [6.07, 6.45) is 0. The fourth-order valence-electron chi connectivity index (χ4n) is 4.34. The largest absolute Gasteiger partial charge is 0.505 e. The molecule has 0 radical (unpaired) electrons. The Morgan fingerprint density at radius 1 is 0.795 bits per heavy atom. The molecule has 44 heavy (non-hydrogen) atoms. The molecule has 5 aromatic carbocycles. The summed E-state index contributed by atoms with van der Waals surface area (Å²) >= 11 is 0. The molecule has 12 heteroatoms. The van der Waals surface area contributed by atoms with Gasteiger partial charge < -0.3 is 20.5 Å². The van der Waals surface area contributed by atoms with Gasteiger partial charge in [0.1, 0.15) is 11.4 Å². The highest BCUT2D eigenvalue weighted by Gasteiger charge is 2.19. The van der Waals surface area contributed by atoms with E-state index in [1.807, 2.05) is 0 Å². The number of anilines is 2. The van der Waals surface area contributed by atoms with Crippen LogP contribution in [0.25, 0.3) is 10.8 Å². The smallest absolute Gasteiger partial charge is 0.294 e. The van der Waals surface area contributed by atoms with Crippen molar-refractivity contribution < 1.29 is 32.4 Å². The van der Waals surface area contributed by atoms with E-state index in [0.717, 1.165) is 0 Å². The Morgan fingerprint density at radius 2 is 1.43 bits per heavy atom. The molecule has 0 bridgehead atoms. The molecule has 0 saturated carbocycles. The Balaban J connectivity index is 1.44. The van der Waals surface area contributed by atoms with Crippen LogP contribution in [0.3, 0.4) is 0 Å². The van der Waals surface area contributed by atoms with Gasteiger partial charge in [-0.15, -0.1) is 5.11 Å². The summed E-state index contributed by atoms with van der Waals surface area (Å²) in [5.74, 6) is -0.773. The van der Waals surface area contributed by atoms with Crippen molar-refractivity contribution in [1.82, 2.24) is 0 Å². The van der Waals surface area contributed by atoms with Gasteiger partial charge in [-0.3, -0.25) is 14.1 Å². The standard InChI is InChI=1S/C32H26N4O7S/c1-19-7-8-21(31(38)33-23-11-15-25(16-12-23)44(40,41)42)18-28(19)35-36-29-26-6-4-3-5-20(26)17-27(30(29)37)32(39)34-22-9-13-24(43-2)14-10-22/h3-18,37H,1-2H3,(H,33,38)(H,34,39)(H,40,41,42). The van der Waals surface area contributed by atoms with E-state index in [4.69, 9.17) is 9.29 Å². The fourth-order valence-corrected chi connectivity index (χ4v) is 4.82. The Labute approximate surface area is 252 Å². The summed E-state index contributed by atoms with van der Waals surface area (Å²) in [4.78, 5) is 25.8. The molecule has 0 unspecified atom stereocenters. The minimum absolute atomic E-state index is 0.00154. The first-order valence-corrected chi connectivity index (χ1v) is 14.6. The maximum absolute atomic E-state index is 13.2. The van der Waals surface area contributed by atoms with E-state index < -0.39 is 21.9 Å². The van der Waals surface area contributed by atoms with E-state index in [0.29, 0.717) is 39.1 Å². The number of carbonyl (C=O) groups excluding carboxylic acids is 2. The molecule has 0 aliphatic carbocycles. The van der Waals surface area contributed by atoms with E-state index >= 15 is 0 Å². The second kappa shape index (κ2) is 12.3. The molecular weight excluding hydrogens is 584 g/mol. The number of azo groups is 1. The van der Waals surface area contributed by atoms with Crippen molar-refractivity contribution in [2.24, 2.45) is 10.2 Å². The van der Waals surface area contributed by atoms with Crippen LogP contribution >= 0.6 is 0 Å². The third-order valence-corrected chi connectivity index (χ3v) is 7.59. The normalized spacial score (nSPS) is 11.4. The summed E-state index contributed by atoms with van der Waals surface area (Å²) in [5.41, 5.74) is 2.18. The molecule has 0 heterocycles. The SMILES string of the molecule is COc1ccc(NC(=O)c2cc3ccccc3c(N=Nc3cc(C(=O)Nc4ccc(S(=O)(=O)O)cc4)ccc3C)c2O)cc1. The number of methoxy groups -OCH3 is 1. The number of nitrogens with zero attached hydrogens (tertiary/aromatic N) is 2. The number of carbonyl (C=O) groups is 2. The summed E-state index contributed by atoms with van der Waals surface area (Å²) in [7, 11) is -2.82. The Morgan fingerprint density at radius 3 is 2.09 bits per heavy atom. The summed E-state index contributed by atoms with van der Waals surface area (Å²) in [6.45, 7) is 1.78. The maximum atomic E-state index is 13.2. The zero-order valence-electron chi connectivity index (χ0n) is 23.5. The molecule has 222 valence electrons. The van der Waals surface area contributed by atoms with Gasteiger partial charge in [0, 0.05) is 22.3 Å².